The molecule has 120 valence electrons. The molecule has 0 unspecified atom stereocenters. The minimum absolute atomic E-state index is 0.185. The average molecular weight is 301 g/mol. The Hall–Kier alpha value is -1.51. The quantitative estimate of drug-likeness (QED) is 0.872. The molecule has 3 nitrogen and oxygen atoms in total. The van der Waals surface area contributed by atoms with E-state index in [0.717, 1.165) is 42.0 Å². The molecule has 3 rings (SSSR count). The molecule has 0 radical (unpaired) electrons. The Bertz CT molecular complexity index is 514. The maximum Gasteiger partial charge on any atom is 0.220 e. The van der Waals surface area contributed by atoms with E-state index in [-0.39, 0.29) is 5.91 Å². The van der Waals surface area contributed by atoms with Gasteiger partial charge in [-0.25, -0.2) is 0 Å². The van der Waals surface area contributed by atoms with Crippen molar-refractivity contribution in [1.82, 2.24) is 5.32 Å². The number of rotatable bonds is 6. The maximum absolute atomic E-state index is 12.1. The largest absolute Gasteiger partial charge is 0.497 e. The van der Waals surface area contributed by atoms with Gasteiger partial charge in [-0.15, -0.1) is 0 Å². The van der Waals surface area contributed by atoms with Crippen molar-refractivity contribution in [2.24, 2.45) is 17.8 Å². The molecule has 0 heterocycles. The normalized spacial score (nSPS) is 26.7. The van der Waals surface area contributed by atoms with Crippen LogP contribution in [0.4, 0.5) is 0 Å². The van der Waals surface area contributed by atoms with Crippen molar-refractivity contribution in [1.29, 1.82) is 0 Å². The van der Waals surface area contributed by atoms with Crippen LogP contribution in [0, 0.1) is 17.8 Å². The Morgan fingerprint density at radius 2 is 2.18 bits per heavy atom. The van der Waals surface area contributed by atoms with Gasteiger partial charge in [-0.3, -0.25) is 4.79 Å². The molecule has 0 saturated heterocycles. The summed E-state index contributed by atoms with van der Waals surface area (Å²) in [7, 11) is 1.67. The van der Waals surface area contributed by atoms with Crippen molar-refractivity contribution in [3.8, 4) is 5.75 Å². The van der Waals surface area contributed by atoms with Crippen LogP contribution in [0.5, 0.6) is 5.75 Å². The number of methoxy groups -OCH3 is 1. The van der Waals surface area contributed by atoms with Gasteiger partial charge in [0.25, 0.3) is 0 Å². The number of ether oxygens (including phenoxy) is 1. The summed E-state index contributed by atoms with van der Waals surface area (Å²) in [6.45, 7) is 0.887. The Kier molecular flexibility index (Phi) is 5.01. The monoisotopic (exact) mass is 301 g/mol. The van der Waals surface area contributed by atoms with Crippen molar-refractivity contribution >= 4 is 5.91 Å². The van der Waals surface area contributed by atoms with E-state index in [0.29, 0.717) is 6.42 Å². The minimum Gasteiger partial charge on any atom is -0.497 e. The van der Waals surface area contributed by atoms with Crippen molar-refractivity contribution in [2.45, 2.75) is 44.9 Å². The minimum atomic E-state index is 0.185. The van der Waals surface area contributed by atoms with Crippen LogP contribution in [0.2, 0.25) is 0 Å². The van der Waals surface area contributed by atoms with E-state index in [9.17, 15) is 4.79 Å². The van der Waals surface area contributed by atoms with Gasteiger partial charge in [0.05, 0.1) is 7.11 Å². The van der Waals surface area contributed by atoms with Crippen LogP contribution in [0.15, 0.2) is 24.3 Å². The summed E-state index contributed by atoms with van der Waals surface area (Å²) in [6, 6.07) is 7.97. The van der Waals surface area contributed by atoms with Crippen LogP contribution in [-0.4, -0.2) is 19.6 Å². The highest BCUT2D eigenvalue weighted by molar-refractivity contribution is 5.76. The van der Waals surface area contributed by atoms with E-state index in [1.54, 1.807) is 7.11 Å². The third kappa shape index (κ3) is 3.63. The van der Waals surface area contributed by atoms with E-state index in [1.165, 1.54) is 32.1 Å². The number of nitrogens with one attached hydrogen (secondary N) is 1. The first kappa shape index (κ1) is 15.4. The van der Waals surface area contributed by atoms with E-state index in [1.807, 2.05) is 18.2 Å². The van der Waals surface area contributed by atoms with E-state index >= 15 is 0 Å². The highest BCUT2D eigenvalue weighted by atomic mass is 16.5. The predicted molar refractivity (Wildman–Crippen MR) is 87.9 cm³/mol. The summed E-state index contributed by atoms with van der Waals surface area (Å²) in [6.07, 6.45) is 8.24. The molecule has 1 N–H and O–H groups in total. The number of carbonyl (C=O) groups is 1. The van der Waals surface area contributed by atoms with Crippen molar-refractivity contribution < 1.29 is 9.53 Å². The first-order valence-electron chi connectivity index (χ1n) is 8.66. The van der Waals surface area contributed by atoms with Crippen molar-refractivity contribution in [3.05, 3.63) is 29.8 Å². The SMILES string of the molecule is COc1cccc(CCC(=O)NC[C@H]2CC[C@@H]3CCC[C@@H]32)c1. The van der Waals surface area contributed by atoms with E-state index in [4.69, 9.17) is 4.74 Å². The van der Waals surface area contributed by atoms with Gasteiger partial charge in [0.15, 0.2) is 0 Å². The lowest BCUT2D eigenvalue weighted by Crippen LogP contribution is -2.31. The van der Waals surface area contributed by atoms with Gasteiger partial charge in [0.2, 0.25) is 5.91 Å². The number of fused-ring (bicyclic) bond motifs is 1. The fourth-order valence-corrected chi connectivity index (χ4v) is 4.36. The first-order chi connectivity index (χ1) is 10.8. The number of aryl methyl sites for hydroxylation is 1. The van der Waals surface area contributed by atoms with Gasteiger partial charge in [0, 0.05) is 13.0 Å². The maximum atomic E-state index is 12.1. The van der Waals surface area contributed by atoms with Crippen molar-refractivity contribution in [2.75, 3.05) is 13.7 Å². The zero-order valence-electron chi connectivity index (χ0n) is 13.5. The van der Waals surface area contributed by atoms with Gasteiger partial charge in [-0.1, -0.05) is 25.0 Å². The number of hydrogen-bond donors (Lipinski definition) is 1. The number of carbonyl (C=O) groups excluding carboxylic acids is 1. The molecule has 1 aromatic rings. The standard InChI is InChI=1S/C19H27NO2/c1-22-17-6-2-4-14(12-17)8-11-19(21)20-13-16-10-9-15-5-3-7-18(15)16/h2,4,6,12,15-16,18H,3,5,7-11,13H2,1H3,(H,20,21)/t15-,16+,18-/m0/s1. The highest BCUT2D eigenvalue weighted by Crippen LogP contribution is 2.47. The predicted octanol–water partition coefficient (Wildman–Crippen LogP) is 3.57. The fourth-order valence-electron chi connectivity index (χ4n) is 4.36. The number of hydrogen-bond acceptors (Lipinski definition) is 2. The van der Waals surface area contributed by atoms with Crippen LogP contribution in [0.1, 0.15) is 44.1 Å². The molecule has 3 atom stereocenters. The van der Waals surface area contributed by atoms with Crippen LogP contribution in [0.25, 0.3) is 0 Å². The van der Waals surface area contributed by atoms with Gasteiger partial charge < -0.3 is 10.1 Å². The number of benzene rings is 1. The molecule has 22 heavy (non-hydrogen) atoms. The zero-order chi connectivity index (χ0) is 15.4. The molecule has 2 saturated carbocycles. The molecule has 1 amide bonds. The second-order valence-electron chi connectivity index (χ2n) is 6.85. The molecule has 0 bridgehead atoms. The Balaban J connectivity index is 1.41. The summed E-state index contributed by atoms with van der Waals surface area (Å²) in [5.41, 5.74) is 1.16. The molecule has 2 aliphatic rings. The fraction of sp³-hybridized carbons (Fsp3) is 0.632. The summed E-state index contributed by atoms with van der Waals surface area (Å²) in [5.74, 6) is 3.62. The summed E-state index contributed by atoms with van der Waals surface area (Å²) in [5, 5.41) is 3.17. The first-order valence-corrected chi connectivity index (χ1v) is 8.66. The molecule has 2 fully saturated rings. The number of amides is 1. The second-order valence-corrected chi connectivity index (χ2v) is 6.85. The second kappa shape index (κ2) is 7.17. The third-order valence-electron chi connectivity index (χ3n) is 5.57. The van der Waals surface area contributed by atoms with Gasteiger partial charge in [0.1, 0.15) is 5.75 Å². The lowest BCUT2D eigenvalue weighted by atomic mass is 9.92. The Morgan fingerprint density at radius 3 is 3.05 bits per heavy atom. The molecule has 0 aromatic heterocycles. The van der Waals surface area contributed by atoms with Crippen LogP contribution < -0.4 is 10.1 Å². The van der Waals surface area contributed by atoms with Gasteiger partial charge >= 0.3 is 0 Å². The third-order valence-corrected chi connectivity index (χ3v) is 5.57. The summed E-state index contributed by atoms with van der Waals surface area (Å²) >= 11 is 0. The van der Waals surface area contributed by atoms with Crippen LogP contribution >= 0.6 is 0 Å². The Labute approximate surface area is 133 Å². The smallest absolute Gasteiger partial charge is 0.220 e. The van der Waals surface area contributed by atoms with Gasteiger partial charge in [-0.2, -0.15) is 0 Å². The van der Waals surface area contributed by atoms with Crippen LogP contribution in [0.3, 0.4) is 0 Å². The van der Waals surface area contributed by atoms with Crippen molar-refractivity contribution in [3.63, 3.8) is 0 Å². The zero-order valence-corrected chi connectivity index (χ0v) is 13.5. The lowest BCUT2D eigenvalue weighted by molar-refractivity contribution is -0.121. The molecule has 1 aromatic carbocycles. The molecule has 0 aliphatic heterocycles. The molecule has 0 spiro atoms. The lowest BCUT2D eigenvalue weighted by Gasteiger charge is -2.19. The summed E-state index contributed by atoms with van der Waals surface area (Å²) in [4.78, 5) is 12.1. The summed E-state index contributed by atoms with van der Waals surface area (Å²) < 4.78 is 5.22. The molecule has 2 aliphatic carbocycles. The highest BCUT2D eigenvalue weighted by Gasteiger charge is 2.38. The molecular formula is C19H27NO2. The molecule has 3 heteroatoms. The van der Waals surface area contributed by atoms with Crippen LogP contribution in [-0.2, 0) is 11.2 Å². The average Bonchev–Trinajstić information content (AvgIpc) is 3.15. The van der Waals surface area contributed by atoms with E-state index in [2.05, 4.69) is 11.4 Å². The Morgan fingerprint density at radius 1 is 1.27 bits per heavy atom. The molecular weight excluding hydrogens is 274 g/mol. The van der Waals surface area contributed by atoms with Gasteiger partial charge in [-0.05, 0) is 61.1 Å². The van der Waals surface area contributed by atoms with E-state index < -0.39 is 0 Å². The topological polar surface area (TPSA) is 38.3 Å².